The third-order valence-electron chi connectivity index (χ3n) is 17.8. The molecule has 0 atom stereocenters. The van der Waals surface area contributed by atoms with Gasteiger partial charge in [0, 0.05) is 54.8 Å². The zero-order valence-electron chi connectivity index (χ0n) is 64.6. The number of benzene rings is 12. The fourth-order valence-electron chi connectivity index (χ4n) is 13.0. The number of aromatic nitrogens is 4. The Bertz CT molecular complexity index is 5830. The second-order valence-corrected chi connectivity index (χ2v) is 26.8. The van der Waals surface area contributed by atoms with Gasteiger partial charge in [0.1, 0.15) is 5.58 Å². The molecule has 470 valence electrons. The molecule has 0 spiro atoms. The van der Waals surface area contributed by atoms with E-state index in [4.69, 9.17) is 22.4 Å². The van der Waals surface area contributed by atoms with E-state index in [9.17, 15) is 5.48 Å². The molecular formula is C88H74N4O2Pt-2. The van der Waals surface area contributed by atoms with E-state index in [2.05, 4.69) is 177 Å². The van der Waals surface area contributed by atoms with Gasteiger partial charge in [-0.05, 0) is 132 Å². The molecule has 0 fully saturated rings. The minimum atomic E-state index is -0.598. The van der Waals surface area contributed by atoms with Crippen molar-refractivity contribution in [2.75, 3.05) is 0 Å². The quantitative estimate of drug-likeness (QED) is 0.0854. The first-order chi connectivity index (χ1) is 49.7. The fraction of sp³-hybridized carbons (Fsp3) is 0.159. The maximum atomic E-state index is 9.51. The van der Waals surface area contributed by atoms with Crippen molar-refractivity contribution in [1.82, 2.24) is 14.1 Å². The molecule has 15 rings (SSSR count). The maximum absolute atomic E-state index is 9.51. The zero-order valence-corrected chi connectivity index (χ0v) is 56.8. The Morgan fingerprint density at radius 3 is 1.77 bits per heavy atom. The van der Waals surface area contributed by atoms with Crippen LogP contribution in [0, 0.1) is 18.5 Å². The molecule has 0 saturated carbocycles. The molecule has 0 aliphatic heterocycles. The maximum Gasteiger partial charge on any atom is 0.268 e. The third-order valence-corrected chi connectivity index (χ3v) is 17.8. The van der Waals surface area contributed by atoms with Crippen molar-refractivity contribution >= 4 is 44.0 Å². The first-order valence-electron chi connectivity index (χ1n) is 37.0. The van der Waals surface area contributed by atoms with Crippen LogP contribution in [0.15, 0.2) is 259 Å². The van der Waals surface area contributed by atoms with Gasteiger partial charge >= 0.3 is 0 Å². The summed E-state index contributed by atoms with van der Waals surface area (Å²) >= 11 is 0. The fourth-order valence-corrected chi connectivity index (χ4v) is 13.0. The summed E-state index contributed by atoms with van der Waals surface area (Å²) in [7, 11) is 0. The third kappa shape index (κ3) is 11.6. The largest absolute Gasteiger partial charge is 0.519 e. The molecular weight excluding hydrogens is 1340 g/mol. The van der Waals surface area contributed by atoms with Crippen LogP contribution < -0.4 is 9.30 Å². The van der Waals surface area contributed by atoms with Crippen molar-refractivity contribution in [2.45, 2.75) is 91.9 Å². The number of fused-ring (bicyclic) bond motifs is 5. The Labute approximate surface area is 586 Å². The van der Waals surface area contributed by atoms with E-state index in [1.54, 1.807) is 22.8 Å². The van der Waals surface area contributed by atoms with Crippen LogP contribution in [-0.4, -0.2) is 14.1 Å². The molecule has 0 unspecified atom stereocenters. The van der Waals surface area contributed by atoms with E-state index in [1.165, 1.54) is 5.56 Å². The molecule has 0 aliphatic carbocycles. The van der Waals surface area contributed by atoms with Gasteiger partial charge in [0.05, 0.1) is 47.3 Å². The van der Waals surface area contributed by atoms with Crippen LogP contribution in [0.1, 0.15) is 117 Å². The van der Waals surface area contributed by atoms with E-state index >= 15 is 0 Å². The summed E-state index contributed by atoms with van der Waals surface area (Å²) in [5, 5.41) is 1.45. The summed E-state index contributed by atoms with van der Waals surface area (Å²) in [6.45, 7) is 21.9. The summed E-state index contributed by atoms with van der Waals surface area (Å²) in [4.78, 5) is 5.44. The van der Waals surface area contributed by atoms with Gasteiger partial charge in [0.2, 0.25) is 0 Å². The number of rotatable bonds is 13. The van der Waals surface area contributed by atoms with Crippen LogP contribution in [0.25, 0.3) is 128 Å². The first-order valence-corrected chi connectivity index (χ1v) is 32.0. The molecule has 7 heteroatoms. The molecule has 0 aliphatic rings. The van der Waals surface area contributed by atoms with Crippen molar-refractivity contribution in [3.05, 3.63) is 295 Å². The Kier molecular flexibility index (Phi) is 13.5. The Hall–Kier alpha value is -10.1. The molecule has 12 aromatic carbocycles. The van der Waals surface area contributed by atoms with Crippen LogP contribution in [0.2, 0.25) is 0 Å². The summed E-state index contributed by atoms with van der Waals surface area (Å²) in [6.07, 6.45) is 3.70. The minimum absolute atomic E-state index is 0. The molecule has 0 amide bonds. The number of imidazole rings is 2. The Morgan fingerprint density at radius 2 is 1.12 bits per heavy atom. The van der Waals surface area contributed by atoms with Crippen LogP contribution in [-0.2, 0) is 31.9 Å². The van der Waals surface area contributed by atoms with Crippen molar-refractivity contribution in [2.24, 2.45) is 0 Å². The second-order valence-electron chi connectivity index (χ2n) is 26.8. The second kappa shape index (κ2) is 25.0. The number of hydrogen-bond donors (Lipinski definition) is 0. The smallest absolute Gasteiger partial charge is 0.268 e. The molecule has 0 bridgehead atoms. The predicted octanol–water partition coefficient (Wildman–Crippen LogP) is 23.2. The number of furan rings is 1. The van der Waals surface area contributed by atoms with Crippen LogP contribution in [0.3, 0.4) is 0 Å². The summed E-state index contributed by atoms with van der Waals surface area (Å²) in [6, 6.07) is 66.7. The summed E-state index contributed by atoms with van der Waals surface area (Å²) in [5.41, 5.74) is 15.5. The summed E-state index contributed by atoms with van der Waals surface area (Å²) < 4.78 is 111. The van der Waals surface area contributed by atoms with Crippen molar-refractivity contribution in [1.29, 1.82) is 0 Å². The standard InChI is InChI=1S/C88H74N4O2.Pt/c1-56(2)72-48-63(58-28-15-11-16-29-58)49-73(57(3)4)83(72)62-42-44-79-80(50-62)90(55-91(79)84-69(59-30-17-12-18-31-59)37-27-38-70(84)60-32-19-13-20-33-60)81-54-68(53-75-71-36-23-26-41-82(71)94-85(75)81)93-67-47-64(46-66(51-67)88(8,9)10)86-89-76-39-24-25-40-78(76)92(86)77-45-43-65(87(5,6)7)52-74(77)61-34-21-14-22-35-61;/h11-46,48-53,56-57H,1-10H3;/q-2;/i12D,13D,17D,18D,19D,20D,30D,31D,32D,33D;. The Morgan fingerprint density at radius 1 is 0.505 bits per heavy atom. The number of para-hydroxylation sites is 4. The average molecular weight is 1420 g/mol. The van der Waals surface area contributed by atoms with Gasteiger partial charge in [-0.25, -0.2) is 0 Å². The van der Waals surface area contributed by atoms with Crippen molar-refractivity contribution in [3.8, 4) is 95.6 Å². The monoisotopic (exact) mass is 1420 g/mol. The van der Waals surface area contributed by atoms with Crippen LogP contribution >= 0.6 is 0 Å². The number of ether oxygens (including phenoxy) is 1. The molecule has 0 radical (unpaired) electrons. The van der Waals surface area contributed by atoms with Crippen molar-refractivity contribution in [3.63, 3.8) is 0 Å². The van der Waals surface area contributed by atoms with Gasteiger partial charge < -0.3 is 18.3 Å². The SMILES string of the molecule is [2H]c1c([2H])c([2H])c(-c2cccc(-c3c([2H])c([2H])c([2H])c([2H])c3[2H])c2-[n+]2[c-]n(-c3[c-]c(Oc4[c-]c(-c5nc6ccccc6n5-c5ccc(C(C)(C)C)cc5-c5ccccc5)cc(C(C)(C)C)c4)cc4c3oc3ccccc34)c3cc(-c4c(C(C)C)cc(-c5ccccc5)cc4C(C)C)ccc32)c([2H])c1[2H].[Pt]. The average Bonchev–Trinajstić information content (AvgIpc) is 1.65. The minimum Gasteiger partial charge on any atom is -0.519 e. The molecule has 6 nitrogen and oxygen atoms in total. The first kappa shape index (κ1) is 51.3. The predicted molar refractivity (Wildman–Crippen MR) is 388 cm³/mol. The van der Waals surface area contributed by atoms with E-state index in [-0.39, 0.29) is 72.0 Å². The van der Waals surface area contributed by atoms with Gasteiger partial charge in [0.25, 0.3) is 6.33 Å². The van der Waals surface area contributed by atoms with Crippen molar-refractivity contribution < 1.29 is 48.5 Å². The molecule has 3 heterocycles. The molecule has 3 aromatic heterocycles. The van der Waals surface area contributed by atoms with E-state index in [0.29, 0.717) is 50.4 Å². The number of hydrogen-bond acceptors (Lipinski definition) is 3. The van der Waals surface area contributed by atoms with Gasteiger partial charge in [-0.1, -0.05) is 287 Å². The van der Waals surface area contributed by atoms with E-state index < -0.39 is 65.8 Å². The Balaban J connectivity index is 0.00000928. The van der Waals surface area contributed by atoms with Crippen LogP contribution in [0.5, 0.6) is 11.5 Å². The van der Waals surface area contributed by atoms with Gasteiger partial charge in [-0.3, -0.25) is 9.55 Å². The van der Waals surface area contributed by atoms with E-state index in [0.717, 1.165) is 72.2 Å². The molecule has 95 heavy (non-hydrogen) atoms. The normalized spacial score (nSPS) is 13.5. The van der Waals surface area contributed by atoms with Gasteiger partial charge in [-0.15, -0.1) is 29.3 Å². The topological polar surface area (TPSA) is 49.0 Å². The molecule has 15 aromatic rings. The van der Waals surface area contributed by atoms with E-state index in [1.807, 2.05) is 95.6 Å². The van der Waals surface area contributed by atoms with Gasteiger partial charge in [0.15, 0.2) is 0 Å². The zero-order chi connectivity index (χ0) is 73.3. The van der Waals surface area contributed by atoms with Crippen LogP contribution in [0.4, 0.5) is 0 Å². The number of nitrogens with zero attached hydrogens (tertiary/aromatic N) is 4. The molecule has 0 saturated heterocycles. The summed E-state index contributed by atoms with van der Waals surface area (Å²) in [5.74, 6) is 1.41. The van der Waals surface area contributed by atoms with Gasteiger partial charge in [-0.2, -0.15) is 0 Å². The molecule has 0 N–H and O–H groups in total.